The number of benzene rings is 4. The third kappa shape index (κ3) is 7.89. The summed E-state index contributed by atoms with van der Waals surface area (Å²) in [5.74, 6) is 0.173. The molecule has 6 atom stereocenters. The van der Waals surface area contributed by atoms with Crippen molar-refractivity contribution in [1.29, 1.82) is 0 Å². The smallest absolute Gasteiger partial charge is 0.336 e. The number of hydrogen-bond donors (Lipinski definition) is 0. The molecule has 10 rings (SSSR count). The molecule has 0 N–H and O–H groups in total. The van der Waals surface area contributed by atoms with Gasteiger partial charge in [-0.1, -0.05) is 97.3 Å². The van der Waals surface area contributed by atoms with Gasteiger partial charge in [-0.2, -0.15) is 0 Å². The number of carbonyl (C=O) groups excluding carboxylic acids is 2. The van der Waals surface area contributed by atoms with Crippen molar-refractivity contribution in [3.8, 4) is 5.75 Å². The summed E-state index contributed by atoms with van der Waals surface area (Å²) in [6.07, 6.45) is 6.85. The van der Waals surface area contributed by atoms with E-state index in [1.165, 1.54) is 28.3 Å². The minimum absolute atomic E-state index is 0.00189. The second-order valence-electron chi connectivity index (χ2n) is 17.9. The predicted octanol–water partition coefficient (Wildman–Crippen LogP) is 11.3. The van der Waals surface area contributed by atoms with E-state index in [1.807, 2.05) is 39.0 Å². The van der Waals surface area contributed by atoms with Crippen molar-refractivity contribution in [2.24, 2.45) is 11.8 Å². The number of carbonyl (C=O) groups is 2. The van der Waals surface area contributed by atoms with Crippen LogP contribution in [0.25, 0.3) is 11.0 Å². The van der Waals surface area contributed by atoms with Crippen LogP contribution in [-0.4, -0.2) is 23.6 Å². The molecule has 0 radical (unpaired) electrons. The summed E-state index contributed by atoms with van der Waals surface area (Å²) in [5.41, 5.74) is 6.91. The summed E-state index contributed by atoms with van der Waals surface area (Å²) >= 11 is 0. The summed E-state index contributed by atoms with van der Waals surface area (Å²) in [6.45, 7) is 5.89. The van der Waals surface area contributed by atoms with Crippen LogP contribution in [-0.2, 0) is 31.9 Å². The van der Waals surface area contributed by atoms with Crippen molar-refractivity contribution in [3.05, 3.63) is 158 Å². The number of aryl methyl sites for hydroxylation is 1. The molecule has 2 saturated carbocycles. The molecule has 2 fully saturated rings. The van der Waals surface area contributed by atoms with Crippen LogP contribution in [0.3, 0.4) is 0 Å². The summed E-state index contributed by atoms with van der Waals surface area (Å²) in [7, 11) is 0. The van der Waals surface area contributed by atoms with Gasteiger partial charge >= 0.3 is 17.6 Å². The largest absolute Gasteiger partial charge is 0.483 e. The minimum Gasteiger partial charge on any atom is -0.483 e. The lowest BCUT2D eigenvalue weighted by Crippen LogP contribution is -2.58. The molecule has 5 aromatic rings. The van der Waals surface area contributed by atoms with Gasteiger partial charge < -0.3 is 18.6 Å². The molecular formula is C52H54O7. The number of esters is 2. The fraction of sp³-hybridized carbons (Fsp3) is 0.404. The fourth-order valence-electron chi connectivity index (χ4n) is 10.7. The number of hydrogen-bond acceptors (Lipinski definition) is 7. The van der Waals surface area contributed by atoms with E-state index in [0.717, 1.165) is 62.5 Å². The zero-order valence-electron chi connectivity index (χ0n) is 34.4. The van der Waals surface area contributed by atoms with Crippen LogP contribution < -0.4 is 10.4 Å². The number of fused-ring (bicyclic) bond motifs is 11. The molecule has 4 heterocycles. The predicted molar refractivity (Wildman–Crippen MR) is 228 cm³/mol. The Morgan fingerprint density at radius 2 is 1.51 bits per heavy atom. The highest BCUT2D eigenvalue weighted by atomic mass is 16.6. The molecule has 0 spiro atoms. The van der Waals surface area contributed by atoms with Crippen LogP contribution >= 0.6 is 0 Å². The molecule has 2 aliphatic carbocycles. The highest BCUT2D eigenvalue weighted by molar-refractivity contribution is 5.90. The van der Waals surface area contributed by atoms with E-state index in [4.69, 9.17) is 18.6 Å². The number of rotatable bonds is 4. The maximum absolute atomic E-state index is 14.8. The van der Waals surface area contributed by atoms with Crippen molar-refractivity contribution in [3.63, 3.8) is 0 Å². The average molecular weight is 791 g/mol. The topological polar surface area (TPSA) is 92.0 Å². The lowest BCUT2D eigenvalue weighted by molar-refractivity contribution is -0.199. The molecular weight excluding hydrogens is 737 g/mol. The van der Waals surface area contributed by atoms with Crippen molar-refractivity contribution < 1.29 is 28.2 Å². The van der Waals surface area contributed by atoms with Gasteiger partial charge in [-0.15, -0.1) is 0 Å². The second-order valence-corrected chi connectivity index (χ2v) is 17.9. The monoisotopic (exact) mass is 790 g/mol. The van der Waals surface area contributed by atoms with Crippen LogP contribution in [0.4, 0.5) is 0 Å². The zero-order valence-corrected chi connectivity index (χ0v) is 34.4. The molecule has 4 aromatic carbocycles. The third-order valence-corrected chi connectivity index (χ3v) is 13.9. The van der Waals surface area contributed by atoms with Gasteiger partial charge in [0.05, 0.1) is 5.56 Å². The normalized spacial score (nSPS) is 26.3. The van der Waals surface area contributed by atoms with E-state index in [2.05, 4.69) is 72.8 Å². The van der Waals surface area contributed by atoms with Crippen LogP contribution in [0.2, 0.25) is 0 Å². The molecule has 0 saturated heterocycles. The highest BCUT2D eigenvalue weighted by Gasteiger charge is 2.57. The van der Waals surface area contributed by atoms with Gasteiger partial charge in [0.2, 0.25) is 0 Å². The quantitative estimate of drug-likeness (QED) is 0.102. The zero-order chi connectivity index (χ0) is 40.7. The molecule has 7 heteroatoms. The van der Waals surface area contributed by atoms with E-state index < -0.39 is 29.4 Å². The number of allylic oxidation sites excluding steroid dienone is 1. The lowest BCUT2D eigenvalue weighted by Gasteiger charge is -2.48. The Bertz CT molecular complexity index is 2440. The van der Waals surface area contributed by atoms with Crippen molar-refractivity contribution in [2.45, 2.75) is 121 Å². The van der Waals surface area contributed by atoms with Crippen LogP contribution in [0.1, 0.15) is 130 Å². The van der Waals surface area contributed by atoms with E-state index in [-0.39, 0.29) is 41.6 Å². The Kier molecular flexibility index (Phi) is 10.8. The molecule has 3 aliphatic heterocycles. The lowest BCUT2D eigenvalue weighted by atomic mass is 9.68. The first kappa shape index (κ1) is 39.1. The molecule has 7 nitrogen and oxygen atoms in total. The standard InChI is InChI=1S/C52H54O7/c1-32(2)42-24-18-33-16-19-36(20-17-33)43-25-21-39(38-13-9-12-35(29-38)28-34-10-5-4-6-11-34)30-40(43)31-46(54)57-49-47-44(26-22-37-23-27-45(53)56-48(37)47)59-52(3,41-14-7-8-15-41)50(49)58-51(42)55/h4-6,9-13,16-17,19-20,22-23,26-27,29,39-41,43,49-50H,7-8,14-15,18,21,24-25,28,30-31H2,1-3H3/t39-,40+,43+,49+,50-,52-/m0/s1. The van der Waals surface area contributed by atoms with E-state index >= 15 is 0 Å². The Balaban J connectivity index is 1.12. The summed E-state index contributed by atoms with van der Waals surface area (Å²) < 4.78 is 26.3. The Labute approximate surface area is 346 Å². The molecule has 0 amide bonds. The number of ether oxygens (including phenoxy) is 3. The first-order chi connectivity index (χ1) is 28.6. The van der Waals surface area contributed by atoms with Crippen LogP contribution in [0, 0.1) is 11.8 Å². The van der Waals surface area contributed by atoms with Crippen LogP contribution in [0.5, 0.6) is 5.75 Å². The van der Waals surface area contributed by atoms with Crippen molar-refractivity contribution in [2.75, 3.05) is 0 Å². The third-order valence-electron chi connectivity index (χ3n) is 13.9. The highest BCUT2D eigenvalue weighted by Crippen LogP contribution is 2.53. The van der Waals surface area contributed by atoms with Gasteiger partial charge in [-0.3, -0.25) is 4.79 Å². The van der Waals surface area contributed by atoms with Gasteiger partial charge in [-0.05, 0) is 136 Å². The second kappa shape index (κ2) is 16.3. The molecule has 2 bridgehead atoms. The maximum Gasteiger partial charge on any atom is 0.336 e. The van der Waals surface area contributed by atoms with E-state index in [9.17, 15) is 14.4 Å². The molecule has 59 heavy (non-hydrogen) atoms. The van der Waals surface area contributed by atoms with Gasteiger partial charge in [0.1, 0.15) is 16.9 Å². The van der Waals surface area contributed by atoms with Crippen LogP contribution in [0.15, 0.2) is 123 Å². The van der Waals surface area contributed by atoms with Gasteiger partial charge in [-0.25, -0.2) is 9.59 Å². The molecule has 5 aliphatic rings. The summed E-state index contributed by atoms with van der Waals surface area (Å²) in [4.78, 5) is 42.1. The van der Waals surface area contributed by atoms with E-state index in [0.29, 0.717) is 35.1 Å². The molecule has 0 unspecified atom stereocenters. The maximum atomic E-state index is 14.8. The van der Waals surface area contributed by atoms with Crippen molar-refractivity contribution >= 4 is 22.9 Å². The first-order valence-corrected chi connectivity index (χ1v) is 21.7. The SMILES string of the molecule is CC(C)=C1CCc2ccc(cc2)[C@H]2CC[C@H](c3cccc(Cc4ccccc4)c3)C[C@@H]2CC(=O)O[C@@H]2c3c(ccc4ccc(=O)oc34)O[C@@](C)(C3CCCC3)[C@H]2OC1=O. The van der Waals surface area contributed by atoms with Gasteiger partial charge in [0.25, 0.3) is 0 Å². The molecule has 1 aromatic heterocycles. The van der Waals surface area contributed by atoms with Gasteiger partial charge in [0, 0.05) is 29.4 Å². The Hall–Kier alpha value is -5.43. The Morgan fingerprint density at radius 3 is 2.29 bits per heavy atom. The Morgan fingerprint density at radius 1 is 0.746 bits per heavy atom. The summed E-state index contributed by atoms with van der Waals surface area (Å²) in [6, 6.07) is 35.1. The fourth-order valence-corrected chi connectivity index (χ4v) is 10.7. The average Bonchev–Trinajstić information content (AvgIpc) is 3.79. The minimum atomic E-state index is -1.06. The first-order valence-electron chi connectivity index (χ1n) is 21.7. The molecule has 304 valence electrons. The van der Waals surface area contributed by atoms with Crippen molar-refractivity contribution in [1.82, 2.24) is 0 Å². The van der Waals surface area contributed by atoms with E-state index in [1.54, 1.807) is 6.07 Å². The van der Waals surface area contributed by atoms with Gasteiger partial charge in [0.15, 0.2) is 12.2 Å². The summed E-state index contributed by atoms with van der Waals surface area (Å²) in [5, 5.41) is 0.669.